The third kappa shape index (κ3) is 4.77. The Kier molecular flexibility index (Phi) is 6.86. The summed E-state index contributed by atoms with van der Waals surface area (Å²) >= 11 is 0. The molecule has 192 valence electrons. The Morgan fingerprint density at radius 1 is 1.03 bits per heavy atom. The predicted octanol–water partition coefficient (Wildman–Crippen LogP) is 4.60. The van der Waals surface area contributed by atoms with Crippen LogP contribution in [0.25, 0.3) is 17.1 Å². The molecule has 0 aliphatic carbocycles. The minimum Gasteiger partial charge on any atom is -0.339 e. The van der Waals surface area contributed by atoms with E-state index in [-0.39, 0.29) is 11.7 Å². The Labute approximate surface area is 216 Å². The van der Waals surface area contributed by atoms with Gasteiger partial charge in [0, 0.05) is 43.8 Å². The average molecular weight is 502 g/mol. The van der Waals surface area contributed by atoms with E-state index >= 15 is 0 Å². The molecule has 0 radical (unpaired) electrons. The van der Waals surface area contributed by atoms with Crippen LogP contribution in [0.4, 0.5) is 4.39 Å². The van der Waals surface area contributed by atoms with Crippen molar-refractivity contribution in [3.8, 4) is 17.1 Å². The second kappa shape index (κ2) is 10.2. The van der Waals surface area contributed by atoms with Crippen LogP contribution in [0.3, 0.4) is 0 Å². The quantitative estimate of drug-likeness (QED) is 0.386. The summed E-state index contributed by atoms with van der Waals surface area (Å²) in [5.41, 5.74) is 6.88. The van der Waals surface area contributed by atoms with Gasteiger partial charge in [-0.3, -0.25) is 9.48 Å². The Morgan fingerprint density at radius 3 is 2.46 bits per heavy atom. The SMILES string of the molecule is CCc1c(Cc2cc(-n3nc(C)c(C(=O)N4CCCCC4)c3C)ncn2)nn(C)c1-c1ccc(F)cc1. The molecule has 1 aliphatic heterocycles. The number of benzene rings is 1. The molecule has 37 heavy (non-hydrogen) atoms. The van der Waals surface area contributed by atoms with Crippen LogP contribution in [0.5, 0.6) is 0 Å². The Bertz CT molecular complexity index is 1430. The highest BCUT2D eigenvalue weighted by atomic mass is 19.1. The molecule has 1 fully saturated rings. The summed E-state index contributed by atoms with van der Waals surface area (Å²) < 4.78 is 17.1. The van der Waals surface area contributed by atoms with E-state index in [1.54, 1.807) is 16.8 Å². The van der Waals surface area contributed by atoms with Gasteiger partial charge >= 0.3 is 0 Å². The van der Waals surface area contributed by atoms with Crippen molar-refractivity contribution in [2.75, 3.05) is 13.1 Å². The lowest BCUT2D eigenvalue weighted by Crippen LogP contribution is -2.36. The fourth-order valence-electron chi connectivity index (χ4n) is 5.31. The zero-order valence-corrected chi connectivity index (χ0v) is 21.8. The molecule has 4 heterocycles. The van der Waals surface area contributed by atoms with Gasteiger partial charge in [-0.1, -0.05) is 6.92 Å². The van der Waals surface area contributed by atoms with E-state index in [0.717, 1.165) is 66.3 Å². The molecule has 3 aromatic heterocycles. The maximum absolute atomic E-state index is 13.5. The van der Waals surface area contributed by atoms with Crippen molar-refractivity contribution < 1.29 is 9.18 Å². The summed E-state index contributed by atoms with van der Waals surface area (Å²) in [4.78, 5) is 24.1. The first-order chi connectivity index (χ1) is 17.9. The van der Waals surface area contributed by atoms with Crippen LogP contribution in [0.15, 0.2) is 36.7 Å². The molecule has 5 rings (SSSR count). The second-order valence-corrected chi connectivity index (χ2v) is 9.61. The molecule has 4 aromatic rings. The first-order valence-electron chi connectivity index (χ1n) is 12.8. The largest absolute Gasteiger partial charge is 0.339 e. The highest BCUT2D eigenvalue weighted by molar-refractivity contribution is 5.96. The summed E-state index contributed by atoms with van der Waals surface area (Å²) in [6.07, 6.45) is 6.10. The highest BCUT2D eigenvalue weighted by Gasteiger charge is 2.26. The van der Waals surface area contributed by atoms with Crippen LogP contribution in [-0.2, 0) is 19.9 Å². The Morgan fingerprint density at radius 2 is 1.76 bits per heavy atom. The zero-order chi connectivity index (χ0) is 26.1. The molecule has 0 unspecified atom stereocenters. The van der Waals surface area contributed by atoms with E-state index in [2.05, 4.69) is 22.0 Å². The molecule has 0 bridgehead atoms. The van der Waals surface area contributed by atoms with Crippen molar-refractivity contribution in [1.29, 1.82) is 0 Å². The molecule has 0 spiro atoms. The number of piperidine rings is 1. The number of hydrogen-bond donors (Lipinski definition) is 0. The van der Waals surface area contributed by atoms with E-state index < -0.39 is 0 Å². The number of amides is 1. The minimum atomic E-state index is -0.261. The summed E-state index contributed by atoms with van der Waals surface area (Å²) in [7, 11) is 1.91. The molecule has 0 N–H and O–H groups in total. The molecule has 0 atom stereocenters. The number of likely N-dealkylation sites (tertiary alicyclic amines) is 1. The number of nitrogens with zero attached hydrogens (tertiary/aromatic N) is 7. The van der Waals surface area contributed by atoms with Gasteiger partial charge in [-0.2, -0.15) is 10.2 Å². The third-order valence-electron chi connectivity index (χ3n) is 7.12. The van der Waals surface area contributed by atoms with Gasteiger partial charge in [0.25, 0.3) is 5.91 Å². The normalized spacial score (nSPS) is 13.8. The molecular weight excluding hydrogens is 469 g/mol. The zero-order valence-electron chi connectivity index (χ0n) is 21.8. The molecular formula is C28H32FN7O. The predicted molar refractivity (Wildman–Crippen MR) is 139 cm³/mol. The molecule has 8 nitrogen and oxygen atoms in total. The topological polar surface area (TPSA) is 81.7 Å². The van der Waals surface area contributed by atoms with Gasteiger partial charge < -0.3 is 4.90 Å². The van der Waals surface area contributed by atoms with Crippen molar-refractivity contribution in [3.63, 3.8) is 0 Å². The Balaban J connectivity index is 1.45. The Hall–Kier alpha value is -3.88. The summed E-state index contributed by atoms with van der Waals surface area (Å²) in [5.74, 6) is 0.406. The number of carbonyl (C=O) groups excluding carboxylic acids is 1. The summed E-state index contributed by atoms with van der Waals surface area (Å²) in [6, 6.07) is 8.40. The summed E-state index contributed by atoms with van der Waals surface area (Å²) in [6.45, 7) is 7.48. The van der Waals surface area contributed by atoms with Crippen molar-refractivity contribution in [1.82, 2.24) is 34.4 Å². The van der Waals surface area contributed by atoms with E-state index in [1.807, 2.05) is 36.5 Å². The van der Waals surface area contributed by atoms with Crippen molar-refractivity contribution >= 4 is 5.91 Å². The second-order valence-electron chi connectivity index (χ2n) is 9.61. The van der Waals surface area contributed by atoms with E-state index in [0.29, 0.717) is 23.5 Å². The highest BCUT2D eigenvalue weighted by Crippen LogP contribution is 2.28. The number of hydrogen-bond acceptors (Lipinski definition) is 5. The standard InChI is InChI=1S/C28H32FN7O/c1-5-23-24(33-34(4)27(23)20-9-11-21(29)12-10-20)15-22-16-25(31-17-30-22)36-19(3)26(18(2)32-36)28(37)35-13-7-6-8-14-35/h9-12,16-17H,5-8,13-15H2,1-4H3. The van der Waals surface area contributed by atoms with Gasteiger partial charge in [0.05, 0.1) is 34.0 Å². The fraction of sp³-hybridized carbons (Fsp3) is 0.393. The van der Waals surface area contributed by atoms with Crippen LogP contribution in [-0.4, -0.2) is 53.4 Å². The van der Waals surface area contributed by atoms with Gasteiger partial charge in [0.2, 0.25) is 0 Å². The molecule has 1 amide bonds. The van der Waals surface area contributed by atoms with Gasteiger partial charge in [-0.15, -0.1) is 0 Å². The first kappa shape index (κ1) is 24.8. The maximum Gasteiger partial charge on any atom is 0.257 e. The smallest absolute Gasteiger partial charge is 0.257 e. The average Bonchev–Trinajstić information content (AvgIpc) is 3.38. The number of carbonyl (C=O) groups is 1. The van der Waals surface area contributed by atoms with E-state index in [1.165, 1.54) is 24.9 Å². The van der Waals surface area contributed by atoms with Crippen LogP contribution < -0.4 is 0 Å². The number of aryl methyl sites for hydroxylation is 2. The maximum atomic E-state index is 13.5. The van der Waals surface area contributed by atoms with Crippen LogP contribution in [0.2, 0.25) is 0 Å². The van der Waals surface area contributed by atoms with Gasteiger partial charge in [0.15, 0.2) is 5.82 Å². The van der Waals surface area contributed by atoms with Gasteiger partial charge in [-0.05, 0) is 63.8 Å². The van der Waals surface area contributed by atoms with Crippen LogP contribution in [0.1, 0.15) is 64.9 Å². The third-order valence-corrected chi connectivity index (χ3v) is 7.12. The summed E-state index contributed by atoms with van der Waals surface area (Å²) in [5, 5.41) is 9.45. The number of rotatable bonds is 6. The fourth-order valence-corrected chi connectivity index (χ4v) is 5.31. The van der Waals surface area contributed by atoms with Gasteiger partial charge in [0.1, 0.15) is 12.1 Å². The van der Waals surface area contributed by atoms with Crippen molar-refractivity contribution in [2.24, 2.45) is 7.05 Å². The molecule has 0 saturated carbocycles. The number of halogens is 1. The van der Waals surface area contributed by atoms with Crippen molar-refractivity contribution in [3.05, 3.63) is 76.4 Å². The van der Waals surface area contributed by atoms with Crippen LogP contribution in [0, 0.1) is 19.7 Å². The lowest BCUT2D eigenvalue weighted by molar-refractivity contribution is 0.0723. The lowest BCUT2D eigenvalue weighted by Gasteiger charge is -2.26. The van der Waals surface area contributed by atoms with E-state index in [9.17, 15) is 9.18 Å². The monoisotopic (exact) mass is 501 g/mol. The van der Waals surface area contributed by atoms with Crippen LogP contribution >= 0.6 is 0 Å². The lowest BCUT2D eigenvalue weighted by atomic mass is 10.0. The first-order valence-corrected chi connectivity index (χ1v) is 12.8. The molecule has 1 saturated heterocycles. The number of aromatic nitrogens is 6. The molecule has 1 aliphatic rings. The van der Waals surface area contributed by atoms with E-state index in [4.69, 9.17) is 5.10 Å². The molecule has 9 heteroatoms. The van der Waals surface area contributed by atoms with Crippen molar-refractivity contribution in [2.45, 2.75) is 52.9 Å². The minimum absolute atomic E-state index is 0.0459. The van der Waals surface area contributed by atoms with Gasteiger partial charge in [-0.25, -0.2) is 19.0 Å². The molecule has 1 aromatic carbocycles.